The number of likely N-dealkylation sites (N-methyl/N-ethyl adjacent to an activating group) is 1. The van der Waals surface area contributed by atoms with Gasteiger partial charge in [0.05, 0.1) is 12.9 Å². The van der Waals surface area contributed by atoms with Gasteiger partial charge in [-0.1, -0.05) is 58.0 Å². The number of likely N-dealkylation sites (tertiary alicyclic amines) is 1. The number of hydrogen-bond acceptors (Lipinski definition) is 14. The van der Waals surface area contributed by atoms with Gasteiger partial charge in [0.2, 0.25) is 59.1 Å². The predicted octanol–water partition coefficient (Wildman–Crippen LogP) is -1.44. The van der Waals surface area contributed by atoms with Gasteiger partial charge in [0, 0.05) is 74.3 Å². The van der Waals surface area contributed by atoms with Crippen molar-refractivity contribution >= 4 is 75.9 Å². The number of aliphatic hydroxyl groups is 1. The van der Waals surface area contributed by atoms with E-state index in [1.54, 1.807) is 45.2 Å². The molecule has 10 amide bonds. The minimum atomic E-state index is -1.75. The molecule has 2 aliphatic heterocycles. The Bertz CT molecular complexity index is 3050. The summed E-state index contributed by atoms with van der Waals surface area (Å²) in [6.07, 6.45) is 5.80. The number of aromatic nitrogens is 3. The number of hydrogen-bond donors (Lipinski definition) is 15. The minimum absolute atomic E-state index is 0.0397. The van der Waals surface area contributed by atoms with Crippen molar-refractivity contribution in [2.75, 3.05) is 26.2 Å². The van der Waals surface area contributed by atoms with Gasteiger partial charge in [-0.3, -0.25) is 52.9 Å². The van der Waals surface area contributed by atoms with E-state index in [1.807, 2.05) is 19.9 Å². The number of carbonyl (C=O) groups is 10. The molecule has 2 saturated heterocycles. The molecule has 2 aromatic carbocycles. The number of guanidine groups is 1. The second kappa shape index (κ2) is 32.4. The molecule has 4 heterocycles. The van der Waals surface area contributed by atoms with E-state index in [-0.39, 0.29) is 106 Å². The van der Waals surface area contributed by atoms with Crippen LogP contribution in [0.15, 0.2) is 72.2 Å². The number of aromatic hydroxyl groups is 1. The average Bonchev–Trinajstić information content (AvgIpc) is 2.39. The zero-order chi connectivity index (χ0) is 63.3. The molecule has 0 aliphatic carbocycles. The number of aromatic amines is 2. The first-order valence-corrected chi connectivity index (χ1v) is 29.5. The van der Waals surface area contributed by atoms with Crippen molar-refractivity contribution in [3.8, 4) is 5.75 Å². The van der Waals surface area contributed by atoms with Crippen LogP contribution in [0, 0.1) is 11.8 Å². The van der Waals surface area contributed by atoms with Crippen LogP contribution in [0.4, 0.5) is 0 Å². The SMILES string of the molecule is CCNC(=O)[C@@H]1CCCN1C(=O)[C@@H](CCCN=C(N)N)NC(=O)[C@@H](CC(C)C)NC(=O)[C@@H](CC(C)C)NC(=O)[C@@H](Cc1ccc(O)cc1)NC(=O)[C@@H](CO)NC(=O)[C@@H](Cc1c[nH]c2ccccc12)NC(=O)[C@@H](Cc1cnc[nH]1)NC(=O)[C@@H]1CCC(=O)N1. The number of aliphatic imine (C=N–C) groups is 1. The van der Waals surface area contributed by atoms with Gasteiger partial charge in [-0.2, -0.15) is 0 Å². The molecule has 0 unspecified atom stereocenters. The zero-order valence-corrected chi connectivity index (χ0v) is 49.8. The molecular formula is C59H84N16O12. The molecule has 2 fully saturated rings. The number of benzene rings is 2. The monoisotopic (exact) mass is 1210 g/mol. The van der Waals surface area contributed by atoms with Gasteiger partial charge in [0.15, 0.2) is 5.96 Å². The summed E-state index contributed by atoms with van der Waals surface area (Å²) in [5.41, 5.74) is 13.3. The smallest absolute Gasteiger partial charge is 0.245 e. The summed E-state index contributed by atoms with van der Waals surface area (Å²) < 4.78 is 0. The predicted molar refractivity (Wildman–Crippen MR) is 320 cm³/mol. The van der Waals surface area contributed by atoms with E-state index in [4.69, 9.17) is 11.5 Å². The van der Waals surface area contributed by atoms with Crippen LogP contribution in [-0.4, -0.2) is 176 Å². The van der Waals surface area contributed by atoms with Crippen LogP contribution in [0.3, 0.4) is 0 Å². The Morgan fingerprint density at radius 3 is 1.85 bits per heavy atom. The minimum Gasteiger partial charge on any atom is -0.508 e. The third kappa shape index (κ3) is 20.0. The van der Waals surface area contributed by atoms with E-state index in [9.17, 15) is 58.2 Å². The summed E-state index contributed by atoms with van der Waals surface area (Å²) in [6, 6.07) is 1.58. The van der Waals surface area contributed by atoms with Crippen LogP contribution < -0.4 is 59.3 Å². The van der Waals surface area contributed by atoms with E-state index in [2.05, 4.69) is 67.8 Å². The third-order valence-electron chi connectivity index (χ3n) is 14.9. The quantitative estimate of drug-likeness (QED) is 0.0151. The highest BCUT2D eigenvalue weighted by atomic mass is 16.3. The fraction of sp³-hybridized carbons (Fsp3) is 0.525. The third-order valence-corrected chi connectivity index (χ3v) is 14.9. The molecule has 6 rings (SSSR count). The summed E-state index contributed by atoms with van der Waals surface area (Å²) in [7, 11) is 0. The molecule has 28 nitrogen and oxygen atoms in total. The maximum absolute atomic E-state index is 14.7. The lowest BCUT2D eigenvalue weighted by Crippen LogP contribution is -2.61. The molecule has 87 heavy (non-hydrogen) atoms. The van der Waals surface area contributed by atoms with Crippen molar-refractivity contribution in [3.63, 3.8) is 0 Å². The molecular weight excluding hydrogens is 1120 g/mol. The number of H-pyrrole nitrogens is 2. The maximum Gasteiger partial charge on any atom is 0.245 e. The molecule has 0 saturated carbocycles. The zero-order valence-electron chi connectivity index (χ0n) is 49.8. The highest BCUT2D eigenvalue weighted by molar-refractivity contribution is 5.99. The molecule has 2 aliphatic rings. The summed E-state index contributed by atoms with van der Waals surface area (Å²) in [5, 5.41) is 45.9. The normalized spacial score (nSPS) is 17.1. The first-order chi connectivity index (χ1) is 41.5. The van der Waals surface area contributed by atoms with Crippen molar-refractivity contribution in [2.24, 2.45) is 28.3 Å². The van der Waals surface area contributed by atoms with Crippen LogP contribution in [0.2, 0.25) is 0 Å². The average molecular weight is 1210 g/mol. The number of rotatable bonds is 32. The second-order valence-corrected chi connectivity index (χ2v) is 22.8. The Kier molecular flexibility index (Phi) is 25.0. The highest BCUT2D eigenvalue weighted by Crippen LogP contribution is 2.22. The van der Waals surface area contributed by atoms with Gasteiger partial charge in [0.25, 0.3) is 0 Å². The Balaban J connectivity index is 1.22. The molecule has 9 atom stereocenters. The van der Waals surface area contributed by atoms with Crippen molar-refractivity contribution in [2.45, 2.75) is 160 Å². The van der Waals surface area contributed by atoms with Crippen molar-refractivity contribution in [1.82, 2.24) is 67.7 Å². The summed E-state index contributed by atoms with van der Waals surface area (Å²) in [6.45, 7) is 8.82. The van der Waals surface area contributed by atoms with Crippen molar-refractivity contribution < 1.29 is 58.2 Å². The first-order valence-electron chi connectivity index (χ1n) is 29.5. The standard InChI is InChI=1S/C59H84N16O12/c1-6-63-57(86)48-14-10-22-75(48)58(87)41(13-9-21-64-59(60)61)68-51(80)42(23-32(2)3)69-52(81)43(24-33(4)5)70-53(82)44(25-34-15-17-37(77)18-16-34)71-56(85)47(30-76)74-54(83)45(26-35-28-65-39-12-8-7-11-38(35)39)72-55(84)46(27-36-29-62-31-66-36)73-50(79)40-19-20-49(78)67-40/h7-8,11-12,15-18,28-29,31-33,40-48,65,76-77H,6,9-10,13-14,19-27,30H2,1-5H3,(H,62,66)(H,63,86)(H,67,78)(H,68,80)(H,69,81)(H,70,82)(H,71,85)(H,72,84)(H,73,79)(H,74,83)(H4,60,61,64)/t40-,41+,42+,43+,44+,45+,46+,47+,48-/m0/s1. The number of aliphatic hydroxyl groups excluding tert-OH is 1. The first kappa shape index (κ1) is 67.1. The number of phenolic OH excluding ortho intramolecular Hbond substituents is 1. The Hall–Kier alpha value is -9.08. The summed E-state index contributed by atoms with van der Waals surface area (Å²) in [5.74, 6) is -7.55. The molecule has 2 aromatic heterocycles. The molecule has 28 heteroatoms. The summed E-state index contributed by atoms with van der Waals surface area (Å²) >= 11 is 0. The van der Waals surface area contributed by atoms with Crippen LogP contribution in [0.25, 0.3) is 10.9 Å². The highest BCUT2D eigenvalue weighted by Gasteiger charge is 2.40. The number of imidazole rings is 1. The van der Waals surface area contributed by atoms with Gasteiger partial charge in [-0.25, -0.2) is 4.98 Å². The number of fused-ring (bicyclic) bond motifs is 1. The van der Waals surface area contributed by atoms with Crippen LogP contribution in [-0.2, 0) is 67.2 Å². The van der Waals surface area contributed by atoms with E-state index in [1.165, 1.54) is 41.7 Å². The van der Waals surface area contributed by atoms with Gasteiger partial charge in [-0.15, -0.1) is 0 Å². The van der Waals surface area contributed by atoms with Gasteiger partial charge < -0.3 is 84.4 Å². The Morgan fingerprint density at radius 2 is 1.28 bits per heavy atom. The topological polar surface area (TPSA) is 432 Å². The van der Waals surface area contributed by atoms with Gasteiger partial charge >= 0.3 is 0 Å². The van der Waals surface area contributed by atoms with E-state index in [0.717, 1.165) is 5.52 Å². The lowest BCUT2D eigenvalue weighted by Gasteiger charge is -2.31. The molecule has 17 N–H and O–H groups in total. The van der Waals surface area contributed by atoms with E-state index < -0.39 is 108 Å². The van der Waals surface area contributed by atoms with Gasteiger partial charge in [0.1, 0.15) is 60.1 Å². The lowest BCUT2D eigenvalue weighted by molar-refractivity contribution is -0.142. The Morgan fingerprint density at radius 1 is 0.701 bits per heavy atom. The number of carbonyl (C=O) groups excluding carboxylic acids is 10. The van der Waals surface area contributed by atoms with Crippen LogP contribution in [0.5, 0.6) is 5.75 Å². The molecule has 0 spiro atoms. The number of phenols is 1. The number of amides is 10. The number of nitrogens with zero attached hydrogens (tertiary/aromatic N) is 3. The molecule has 4 aromatic rings. The number of nitrogens with two attached hydrogens (primary N) is 2. The van der Waals surface area contributed by atoms with E-state index in [0.29, 0.717) is 41.6 Å². The molecule has 0 radical (unpaired) electrons. The molecule has 472 valence electrons. The number of nitrogens with one attached hydrogen (secondary N) is 11. The van der Waals surface area contributed by atoms with E-state index >= 15 is 0 Å². The van der Waals surface area contributed by atoms with Crippen molar-refractivity contribution in [1.29, 1.82) is 0 Å². The fourth-order valence-corrected chi connectivity index (χ4v) is 10.5. The van der Waals surface area contributed by atoms with Gasteiger partial charge in [-0.05, 0) is 93.0 Å². The Labute approximate surface area is 504 Å². The largest absolute Gasteiger partial charge is 0.508 e. The number of para-hydroxylation sites is 1. The van der Waals surface area contributed by atoms with Crippen LogP contribution >= 0.6 is 0 Å². The second-order valence-electron chi connectivity index (χ2n) is 22.8. The van der Waals surface area contributed by atoms with Crippen molar-refractivity contribution in [3.05, 3.63) is 84.1 Å². The summed E-state index contributed by atoms with van der Waals surface area (Å²) in [4.78, 5) is 155. The van der Waals surface area contributed by atoms with Crippen LogP contribution in [0.1, 0.15) is 103 Å². The fourth-order valence-electron chi connectivity index (χ4n) is 10.5. The lowest BCUT2D eigenvalue weighted by atomic mass is 9.98. The maximum atomic E-state index is 14.7. The molecule has 0 bridgehead atoms.